The molecule has 254 valence electrons. The van der Waals surface area contributed by atoms with E-state index in [1.54, 1.807) is 17.1 Å². The number of benzene rings is 3. The van der Waals surface area contributed by atoms with E-state index in [1.165, 1.54) is 12.1 Å². The molecule has 14 nitrogen and oxygen atoms in total. The van der Waals surface area contributed by atoms with E-state index in [9.17, 15) is 15.1 Å². The molecule has 0 fully saturated rings. The third-order valence-electron chi connectivity index (χ3n) is 8.97. The molecule has 8 rings (SSSR count). The van der Waals surface area contributed by atoms with Gasteiger partial charge in [0.2, 0.25) is 0 Å². The van der Waals surface area contributed by atoms with Crippen LogP contribution in [0.2, 0.25) is 0 Å². The molecule has 0 unspecified atom stereocenters. The zero-order valence-corrected chi connectivity index (χ0v) is 27.5. The van der Waals surface area contributed by atoms with Crippen molar-refractivity contribution in [2.45, 2.75) is 25.5 Å². The number of hydrogen-bond acceptors (Lipinski definition) is 9. The summed E-state index contributed by atoms with van der Waals surface area (Å²) in [5.74, 6) is 1.28. The van der Waals surface area contributed by atoms with E-state index in [2.05, 4.69) is 31.5 Å². The molecule has 1 amide bonds. The predicted molar refractivity (Wildman–Crippen MR) is 194 cm³/mol. The van der Waals surface area contributed by atoms with Gasteiger partial charge in [0, 0.05) is 34.8 Å². The Kier molecular flexibility index (Phi) is 8.31. The topological polar surface area (TPSA) is 192 Å². The minimum absolute atomic E-state index is 0.0541. The number of azide groups is 1. The number of imidazole rings is 1. The Bertz CT molecular complexity index is 2520. The molecule has 0 saturated carbocycles. The van der Waals surface area contributed by atoms with E-state index in [-0.39, 0.29) is 35.2 Å². The van der Waals surface area contributed by atoms with E-state index < -0.39 is 5.91 Å². The fraction of sp³-hybridized carbons (Fsp3) is 0.105. The largest absolute Gasteiger partial charge is 0.488 e. The number of carbonyl (C=O) groups excluding carboxylic acids is 2. The van der Waals surface area contributed by atoms with E-state index in [0.717, 1.165) is 22.4 Å². The van der Waals surface area contributed by atoms with Crippen molar-refractivity contribution in [1.29, 1.82) is 0 Å². The average molecular weight is 688 g/mol. The number of nitrogen functional groups attached to an aromatic ring is 1. The molecule has 14 heteroatoms. The Labute approximate surface area is 296 Å². The van der Waals surface area contributed by atoms with Crippen LogP contribution in [0, 0.1) is 0 Å². The number of carbonyl (C=O) groups is 2. The first-order valence-corrected chi connectivity index (χ1v) is 16.4. The Morgan fingerprint density at radius 2 is 1.92 bits per heavy atom. The van der Waals surface area contributed by atoms with Crippen molar-refractivity contribution in [1.82, 2.24) is 34.6 Å². The molecular weight excluding hydrogens is 658 g/mol. The lowest BCUT2D eigenvalue weighted by molar-refractivity contribution is 0.0937. The molecule has 3 N–H and O–H groups in total. The van der Waals surface area contributed by atoms with Gasteiger partial charge in [-0.15, -0.1) is 0 Å². The number of aromatic nitrogens is 6. The van der Waals surface area contributed by atoms with Crippen LogP contribution in [-0.2, 0) is 13.0 Å². The molecular formula is C38H29N11O3. The number of rotatable bonds is 10. The number of ether oxygens (including phenoxy) is 1. The van der Waals surface area contributed by atoms with Crippen molar-refractivity contribution in [2.24, 2.45) is 5.11 Å². The molecule has 0 radical (unpaired) electrons. The summed E-state index contributed by atoms with van der Waals surface area (Å²) in [5, 5.41) is 11.2. The maximum absolute atomic E-state index is 13.7. The Morgan fingerprint density at radius 3 is 2.71 bits per heavy atom. The third kappa shape index (κ3) is 5.95. The number of pyridine rings is 2. The monoisotopic (exact) mass is 687 g/mol. The number of anilines is 1. The molecule has 4 heterocycles. The van der Waals surface area contributed by atoms with Crippen LogP contribution in [0.5, 0.6) is 5.75 Å². The lowest BCUT2D eigenvalue weighted by Crippen LogP contribution is -2.27. The van der Waals surface area contributed by atoms with E-state index in [1.807, 2.05) is 83.6 Å². The lowest BCUT2D eigenvalue weighted by Gasteiger charge is -2.17. The van der Waals surface area contributed by atoms with Gasteiger partial charge in [-0.2, -0.15) is 5.10 Å². The molecule has 1 aliphatic carbocycles. The summed E-state index contributed by atoms with van der Waals surface area (Å²) in [4.78, 5) is 42.9. The number of amides is 1. The van der Waals surface area contributed by atoms with Crippen molar-refractivity contribution in [3.8, 4) is 28.6 Å². The summed E-state index contributed by atoms with van der Waals surface area (Å²) in [5.41, 5.74) is 21.5. The highest BCUT2D eigenvalue weighted by atomic mass is 16.5. The Morgan fingerprint density at radius 1 is 1.04 bits per heavy atom. The van der Waals surface area contributed by atoms with Gasteiger partial charge in [-0.05, 0) is 89.7 Å². The van der Waals surface area contributed by atoms with Gasteiger partial charge >= 0.3 is 0 Å². The van der Waals surface area contributed by atoms with Gasteiger partial charge in [0.05, 0.1) is 22.9 Å². The van der Waals surface area contributed by atoms with Gasteiger partial charge in [-0.3, -0.25) is 14.2 Å². The fourth-order valence-electron chi connectivity index (χ4n) is 6.49. The number of nitrogens with two attached hydrogens (primary N) is 1. The first-order valence-electron chi connectivity index (χ1n) is 16.4. The minimum atomic E-state index is -0.479. The highest BCUT2D eigenvalue weighted by Gasteiger charge is 2.27. The van der Waals surface area contributed by atoms with Gasteiger partial charge in [0.1, 0.15) is 23.7 Å². The quantitative estimate of drug-likeness (QED) is 0.0664. The van der Waals surface area contributed by atoms with Gasteiger partial charge < -0.3 is 15.8 Å². The van der Waals surface area contributed by atoms with Crippen LogP contribution in [0.15, 0.2) is 115 Å². The van der Waals surface area contributed by atoms with Crippen LogP contribution >= 0.6 is 0 Å². The normalized spacial score (nSPS) is 13.3. The van der Waals surface area contributed by atoms with Gasteiger partial charge in [-0.25, -0.2) is 19.6 Å². The maximum atomic E-state index is 13.7. The molecule has 1 aliphatic rings. The standard InChI is InChI=1S/C38H29N11O3/c39-35-28(8-4-15-41-35)36-43-31-13-14-34(48-17-5-16-42-48)45-37(31)49(36)26-10-11-27-24(18-26)9-12-30(27)44-38(51)29-19-25(21-50)33(20-32(29)46-47-40)52-22-23-6-2-1-3-7-23/h1-8,10-11,13-21,30H,9,12,22H2,(H2,39,41)(H,44,51)/t30-/m0/s1. The van der Waals surface area contributed by atoms with Crippen LogP contribution in [0.4, 0.5) is 11.5 Å². The van der Waals surface area contributed by atoms with Crippen LogP contribution in [0.1, 0.15) is 49.9 Å². The summed E-state index contributed by atoms with van der Waals surface area (Å²) in [6.07, 6.45) is 7.08. The smallest absolute Gasteiger partial charge is 0.252 e. The lowest BCUT2D eigenvalue weighted by atomic mass is 10.0. The molecule has 0 aliphatic heterocycles. The zero-order chi connectivity index (χ0) is 35.6. The maximum Gasteiger partial charge on any atom is 0.252 e. The summed E-state index contributed by atoms with van der Waals surface area (Å²) in [6, 6.07) is 27.2. The zero-order valence-electron chi connectivity index (χ0n) is 27.5. The second-order valence-corrected chi connectivity index (χ2v) is 12.1. The van der Waals surface area contributed by atoms with Crippen molar-refractivity contribution in [3.05, 3.63) is 148 Å². The molecule has 52 heavy (non-hydrogen) atoms. The van der Waals surface area contributed by atoms with E-state index in [4.69, 9.17) is 20.4 Å². The van der Waals surface area contributed by atoms with Crippen molar-refractivity contribution in [2.75, 3.05) is 5.73 Å². The van der Waals surface area contributed by atoms with Crippen molar-refractivity contribution >= 4 is 34.9 Å². The fourth-order valence-corrected chi connectivity index (χ4v) is 6.49. The van der Waals surface area contributed by atoms with Crippen LogP contribution in [-0.4, -0.2) is 41.5 Å². The first-order chi connectivity index (χ1) is 25.5. The van der Waals surface area contributed by atoms with Gasteiger partial charge in [0.15, 0.2) is 23.6 Å². The second kappa shape index (κ2) is 13.5. The highest BCUT2D eigenvalue weighted by molar-refractivity contribution is 6.01. The van der Waals surface area contributed by atoms with Gasteiger partial charge in [0.25, 0.3) is 5.91 Å². The van der Waals surface area contributed by atoms with Crippen molar-refractivity contribution in [3.63, 3.8) is 0 Å². The number of nitrogens with one attached hydrogen (secondary N) is 1. The summed E-state index contributed by atoms with van der Waals surface area (Å²) in [7, 11) is 0. The molecule has 4 aromatic heterocycles. The summed E-state index contributed by atoms with van der Waals surface area (Å²) < 4.78 is 9.52. The number of fused-ring (bicyclic) bond motifs is 2. The molecule has 0 spiro atoms. The van der Waals surface area contributed by atoms with E-state index in [0.29, 0.717) is 53.3 Å². The molecule has 0 bridgehead atoms. The minimum Gasteiger partial charge on any atom is -0.488 e. The highest BCUT2D eigenvalue weighted by Crippen LogP contribution is 2.37. The second-order valence-electron chi connectivity index (χ2n) is 12.1. The number of aldehydes is 1. The molecule has 1 atom stereocenters. The molecule has 0 saturated heterocycles. The van der Waals surface area contributed by atoms with Crippen molar-refractivity contribution < 1.29 is 14.3 Å². The average Bonchev–Trinajstić information content (AvgIpc) is 3.94. The number of hydrogen-bond donors (Lipinski definition) is 2. The first kappa shape index (κ1) is 31.9. The predicted octanol–water partition coefficient (Wildman–Crippen LogP) is 7.00. The molecule has 7 aromatic rings. The SMILES string of the molecule is [N-]=[N+]=Nc1cc(OCc2ccccc2)c(C=O)cc1C(=O)N[C@H]1CCc2cc(-n3c(-c4cccnc4N)nc4ccc(-n5cccn5)nc43)ccc21. The summed E-state index contributed by atoms with van der Waals surface area (Å²) in [6.45, 7) is 0.192. The Hall–Kier alpha value is -7.31. The molecule has 3 aromatic carbocycles. The van der Waals surface area contributed by atoms with Crippen LogP contribution in [0.25, 0.3) is 44.5 Å². The van der Waals surface area contributed by atoms with Gasteiger partial charge in [-0.1, -0.05) is 41.5 Å². The third-order valence-corrected chi connectivity index (χ3v) is 8.97. The summed E-state index contributed by atoms with van der Waals surface area (Å²) >= 11 is 0. The van der Waals surface area contributed by atoms with Crippen LogP contribution < -0.4 is 15.8 Å². The Balaban J connectivity index is 1.11. The number of aryl methyl sites for hydroxylation is 1. The van der Waals surface area contributed by atoms with Crippen LogP contribution in [0.3, 0.4) is 0 Å². The number of nitrogens with zero attached hydrogens (tertiary/aromatic N) is 9. The van der Waals surface area contributed by atoms with E-state index >= 15 is 0 Å².